The summed E-state index contributed by atoms with van der Waals surface area (Å²) in [5.41, 5.74) is -1.05. The first kappa shape index (κ1) is 19.0. The number of hydrogen-bond donors (Lipinski definition) is 0. The van der Waals surface area contributed by atoms with Crippen LogP contribution in [0.5, 0.6) is 0 Å². The van der Waals surface area contributed by atoms with E-state index in [1.54, 1.807) is 14.1 Å². The first-order chi connectivity index (χ1) is 10.2. The highest BCUT2D eigenvalue weighted by molar-refractivity contribution is 7.17. The summed E-state index contributed by atoms with van der Waals surface area (Å²) in [7, 11) is 1.80. The van der Waals surface area contributed by atoms with Gasteiger partial charge < -0.3 is 4.90 Å². The Morgan fingerprint density at radius 2 is 1.77 bits per heavy atom. The SMILES string of the molecule is CCCN(C(=O)c1ccc(C(P)C(F)(F)F)cc1)C(C)CC. The van der Waals surface area contributed by atoms with Gasteiger partial charge in [0.1, 0.15) is 0 Å². The molecule has 124 valence electrons. The molecule has 0 spiro atoms. The van der Waals surface area contributed by atoms with Crippen LogP contribution in [0.25, 0.3) is 0 Å². The third-order valence-corrected chi connectivity index (χ3v) is 4.48. The van der Waals surface area contributed by atoms with Gasteiger partial charge in [-0.1, -0.05) is 26.0 Å². The van der Waals surface area contributed by atoms with Gasteiger partial charge in [0, 0.05) is 18.2 Å². The van der Waals surface area contributed by atoms with Crippen LogP contribution in [0, 0.1) is 0 Å². The molecule has 0 aliphatic rings. The van der Waals surface area contributed by atoms with E-state index in [9.17, 15) is 18.0 Å². The topological polar surface area (TPSA) is 20.3 Å². The number of alkyl halides is 3. The lowest BCUT2D eigenvalue weighted by atomic mass is 10.1. The van der Waals surface area contributed by atoms with E-state index in [0.717, 1.165) is 12.8 Å². The molecule has 0 aliphatic carbocycles. The summed E-state index contributed by atoms with van der Waals surface area (Å²) in [5.74, 6) is -0.130. The molecule has 2 nitrogen and oxygen atoms in total. The Kier molecular flexibility index (Phi) is 6.86. The molecule has 0 saturated heterocycles. The molecule has 22 heavy (non-hydrogen) atoms. The average Bonchev–Trinajstić information content (AvgIpc) is 2.49. The van der Waals surface area contributed by atoms with Gasteiger partial charge in [-0.05, 0) is 37.5 Å². The smallest absolute Gasteiger partial charge is 0.336 e. The maximum atomic E-state index is 12.7. The summed E-state index contributed by atoms with van der Waals surface area (Å²) in [6.45, 7) is 6.62. The Morgan fingerprint density at radius 3 is 2.18 bits per heavy atom. The van der Waals surface area contributed by atoms with Gasteiger partial charge in [0.05, 0.1) is 5.66 Å². The zero-order valence-corrected chi connectivity index (χ0v) is 14.3. The van der Waals surface area contributed by atoms with Crippen LogP contribution in [0.1, 0.15) is 55.2 Å². The molecule has 3 atom stereocenters. The van der Waals surface area contributed by atoms with Gasteiger partial charge in [0.2, 0.25) is 0 Å². The van der Waals surface area contributed by atoms with Gasteiger partial charge in [-0.25, -0.2) is 0 Å². The summed E-state index contributed by atoms with van der Waals surface area (Å²) in [6.07, 6.45) is -2.62. The molecule has 0 aliphatic heterocycles. The molecule has 0 heterocycles. The van der Waals surface area contributed by atoms with Gasteiger partial charge in [-0.15, -0.1) is 9.24 Å². The maximum Gasteiger partial charge on any atom is 0.399 e. The highest BCUT2D eigenvalue weighted by atomic mass is 31.0. The zero-order valence-electron chi connectivity index (χ0n) is 13.2. The van der Waals surface area contributed by atoms with E-state index in [-0.39, 0.29) is 17.5 Å². The number of carbonyl (C=O) groups is 1. The molecule has 1 amide bonds. The summed E-state index contributed by atoms with van der Waals surface area (Å²) >= 11 is 0. The summed E-state index contributed by atoms with van der Waals surface area (Å²) in [4.78, 5) is 14.3. The van der Waals surface area contributed by atoms with E-state index in [1.165, 1.54) is 24.3 Å². The highest BCUT2D eigenvalue weighted by Crippen LogP contribution is 2.39. The number of amides is 1. The van der Waals surface area contributed by atoms with Crippen LogP contribution in [-0.4, -0.2) is 29.6 Å². The Balaban J connectivity index is 2.95. The lowest BCUT2D eigenvalue weighted by molar-refractivity contribution is -0.130. The van der Waals surface area contributed by atoms with E-state index in [0.29, 0.717) is 12.1 Å². The van der Waals surface area contributed by atoms with Crippen LogP contribution in [0.2, 0.25) is 0 Å². The number of rotatable bonds is 6. The van der Waals surface area contributed by atoms with Crippen molar-refractivity contribution in [1.29, 1.82) is 0 Å². The van der Waals surface area contributed by atoms with E-state index in [1.807, 2.05) is 20.8 Å². The third kappa shape index (κ3) is 4.70. The molecule has 1 rings (SSSR count). The van der Waals surface area contributed by atoms with Crippen molar-refractivity contribution in [2.75, 3.05) is 6.54 Å². The number of hydrogen-bond acceptors (Lipinski definition) is 1. The molecule has 3 unspecified atom stereocenters. The van der Waals surface area contributed by atoms with Gasteiger partial charge in [-0.2, -0.15) is 13.2 Å². The van der Waals surface area contributed by atoms with Crippen molar-refractivity contribution >= 4 is 15.1 Å². The van der Waals surface area contributed by atoms with Crippen LogP contribution >= 0.6 is 9.24 Å². The fourth-order valence-electron chi connectivity index (χ4n) is 2.17. The Morgan fingerprint density at radius 1 is 1.23 bits per heavy atom. The van der Waals surface area contributed by atoms with Crippen LogP contribution in [-0.2, 0) is 0 Å². The Labute approximate surface area is 132 Å². The summed E-state index contributed by atoms with van der Waals surface area (Å²) < 4.78 is 38.0. The molecular weight excluding hydrogens is 310 g/mol. The lowest BCUT2D eigenvalue weighted by Gasteiger charge is -2.28. The maximum absolute atomic E-state index is 12.7. The van der Waals surface area contributed by atoms with Crippen molar-refractivity contribution in [3.8, 4) is 0 Å². The summed E-state index contributed by atoms with van der Waals surface area (Å²) in [5, 5.41) is 0. The minimum atomic E-state index is -4.30. The standard InChI is InChI=1S/C16H23F3NOP/c1-4-10-20(11(3)5-2)15(21)13-8-6-12(7-9-13)14(22)16(17,18)19/h6-9,11,14H,4-5,10,22H2,1-3H3. The second kappa shape index (κ2) is 7.96. The number of carbonyl (C=O) groups excluding carboxylic acids is 1. The van der Waals surface area contributed by atoms with Crippen LogP contribution < -0.4 is 0 Å². The molecule has 1 aromatic rings. The Bertz CT molecular complexity index is 487. The first-order valence-corrected chi connectivity index (χ1v) is 8.12. The largest absolute Gasteiger partial charge is 0.399 e. The monoisotopic (exact) mass is 333 g/mol. The Hall–Kier alpha value is -1.09. The lowest BCUT2D eigenvalue weighted by Crippen LogP contribution is -2.38. The predicted octanol–water partition coefficient (Wildman–Crippen LogP) is 4.82. The van der Waals surface area contributed by atoms with Crippen LogP contribution in [0.15, 0.2) is 24.3 Å². The van der Waals surface area contributed by atoms with Gasteiger partial charge >= 0.3 is 6.18 Å². The van der Waals surface area contributed by atoms with Crippen molar-refractivity contribution in [3.63, 3.8) is 0 Å². The van der Waals surface area contributed by atoms with Crippen molar-refractivity contribution in [1.82, 2.24) is 4.90 Å². The molecule has 0 fully saturated rings. The molecule has 6 heteroatoms. The second-order valence-electron chi connectivity index (χ2n) is 5.40. The first-order valence-electron chi connectivity index (χ1n) is 7.45. The van der Waals surface area contributed by atoms with Crippen molar-refractivity contribution in [2.24, 2.45) is 0 Å². The molecule has 0 saturated carbocycles. The third-order valence-electron chi connectivity index (χ3n) is 3.72. The van der Waals surface area contributed by atoms with E-state index < -0.39 is 11.8 Å². The van der Waals surface area contributed by atoms with Crippen molar-refractivity contribution in [2.45, 2.75) is 51.5 Å². The number of nitrogens with zero attached hydrogens (tertiary/aromatic N) is 1. The number of benzene rings is 1. The van der Waals surface area contributed by atoms with Gasteiger partial charge in [0.15, 0.2) is 0 Å². The van der Waals surface area contributed by atoms with Crippen LogP contribution in [0.4, 0.5) is 13.2 Å². The van der Waals surface area contributed by atoms with Crippen molar-refractivity contribution < 1.29 is 18.0 Å². The van der Waals surface area contributed by atoms with Crippen molar-refractivity contribution in [3.05, 3.63) is 35.4 Å². The molecule has 1 aromatic carbocycles. The van der Waals surface area contributed by atoms with Crippen LogP contribution in [0.3, 0.4) is 0 Å². The molecular formula is C16H23F3NOP. The van der Waals surface area contributed by atoms with E-state index >= 15 is 0 Å². The molecule has 0 bridgehead atoms. The fourth-order valence-corrected chi connectivity index (χ4v) is 2.39. The molecule has 0 radical (unpaired) electrons. The summed E-state index contributed by atoms with van der Waals surface area (Å²) in [6, 6.07) is 5.81. The zero-order chi connectivity index (χ0) is 16.9. The minimum absolute atomic E-state index is 0.108. The van der Waals surface area contributed by atoms with Gasteiger partial charge in [0.25, 0.3) is 5.91 Å². The average molecular weight is 333 g/mol. The highest BCUT2D eigenvalue weighted by Gasteiger charge is 2.37. The predicted molar refractivity (Wildman–Crippen MR) is 86.0 cm³/mol. The van der Waals surface area contributed by atoms with Gasteiger partial charge in [-0.3, -0.25) is 4.79 Å². The quantitative estimate of drug-likeness (QED) is 0.684. The van der Waals surface area contributed by atoms with E-state index in [2.05, 4.69) is 0 Å². The second-order valence-corrected chi connectivity index (χ2v) is 6.06. The fraction of sp³-hybridized carbons (Fsp3) is 0.562. The normalized spacial score (nSPS) is 14.5. The number of halogens is 3. The molecule has 0 aromatic heterocycles. The minimum Gasteiger partial charge on any atom is -0.336 e. The van der Waals surface area contributed by atoms with E-state index in [4.69, 9.17) is 0 Å². The molecule has 0 N–H and O–H groups in total.